The topological polar surface area (TPSA) is 101 Å². The lowest BCUT2D eigenvalue weighted by Gasteiger charge is -2.24. The molecule has 0 radical (unpaired) electrons. The first-order valence-electron chi connectivity index (χ1n) is 11.8. The second kappa shape index (κ2) is 9.87. The Morgan fingerprint density at radius 1 is 1.00 bits per heavy atom. The zero-order chi connectivity index (χ0) is 26.2. The van der Waals surface area contributed by atoms with E-state index in [1.807, 2.05) is 55.4 Å². The molecular weight excluding hydrogens is 492 g/mol. The average Bonchev–Trinajstić information content (AvgIpc) is 3.44. The summed E-state index contributed by atoms with van der Waals surface area (Å²) in [5.74, 6) is 0.345. The molecule has 2 aliphatic rings. The summed E-state index contributed by atoms with van der Waals surface area (Å²) in [6.45, 7) is 1.06. The van der Waals surface area contributed by atoms with Crippen molar-refractivity contribution in [3.8, 4) is 11.5 Å². The zero-order valence-electron chi connectivity index (χ0n) is 20.8. The van der Waals surface area contributed by atoms with Gasteiger partial charge >= 0.3 is 0 Å². The second-order valence-corrected chi connectivity index (χ2v) is 11.1. The Morgan fingerprint density at radius 3 is 2.32 bits per heavy atom. The minimum Gasteiger partial charge on any atom is -0.454 e. The first-order chi connectivity index (χ1) is 17.7. The van der Waals surface area contributed by atoms with Crippen LogP contribution in [-0.4, -0.2) is 65.2 Å². The lowest BCUT2D eigenvalue weighted by atomic mass is 9.90. The van der Waals surface area contributed by atoms with E-state index in [0.717, 1.165) is 11.1 Å². The number of fused-ring (bicyclic) bond motifs is 2. The molecule has 5 rings (SSSR count). The molecule has 1 N–H and O–H groups in total. The number of hydrogen-bond acceptors (Lipinski definition) is 7. The Bertz CT molecular complexity index is 1450. The van der Waals surface area contributed by atoms with Gasteiger partial charge in [-0.3, -0.25) is 14.1 Å². The highest BCUT2D eigenvalue weighted by atomic mass is 32.2. The van der Waals surface area contributed by atoms with E-state index in [9.17, 15) is 13.2 Å². The molecule has 0 saturated heterocycles. The number of nitrogens with zero attached hydrogens (tertiary/aromatic N) is 3. The van der Waals surface area contributed by atoms with E-state index in [-0.39, 0.29) is 12.7 Å². The van der Waals surface area contributed by atoms with Gasteiger partial charge in [-0.25, -0.2) is 8.42 Å². The molecule has 2 aliphatic heterocycles. The lowest BCUT2D eigenvalue weighted by molar-refractivity contribution is -0.115. The Labute approximate surface area is 216 Å². The van der Waals surface area contributed by atoms with Crippen LogP contribution in [-0.2, 0) is 14.8 Å². The van der Waals surface area contributed by atoms with Crippen LogP contribution in [0.4, 0.5) is 17.1 Å². The Morgan fingerprint density at radius 2 is 1.68 bits per heavy atom. The van der Waals surface area contributed by atoms with Crippen molar-refractivity contribution in [2.24, 2.45) is 4.99 Å². The Balaban J connectivity index is 1.54. The zero-order valence-corrected chi connectivity index (χ0v) is 21.7. The van der Waals surface area contributed by atoms with Gasteiger partial charge < -0.3 is 19.7 Å². The number of sulfonamides is 1. The van der Waals surface area contributed by atoms with Gasteiger partial charge in [0.15, 0.2) is 11.5 Å². The SMILES string of the molecule is CN(C)CCN(c1ccc(N=C(c2ccccc2)C2C(=O)Nc3cc4c(cc32)OCO4)cc1)S(C)(=O)=O. The number of rotatable bonds is 8. The minimum absolute atomic E-state index is 0.141. The van der Waals surface area contributed by atoms with Crippen molar-refractivity contribution in [1.29, 1.82) is 0 Å². The molecule has 0 spiro atoms. The number of amides is 1. The summed E-state index contributed by atoms with van der Waals surface area (Å²) in [7, 11) is 0.338. The molecule has 2 heterocycles. The number of carbonyl (C=O) groups is 1. The van der Waals surface area contributed by atoms with Crippen LogP contribution in [0.25, 0.3) is 0 Å². The highest BCUT2D eigenvalue weighted by Crippen LogP contribution is 2.44. The highest BCUT2D eigenvalue weighted by Gasteiger charge is 2.37. The molecule has 1 atom stereocenters. The van der Waals surface area contributed by atoms with Gasteiger partial charge in [-0.05, 0) is 55.6 Å². The fraction of sp³-hybridized carbons (Fsp3) is 0.259. The molecular formula is C27H28N4O5S. The maximum Gasteiger partial charge on any atom is 0.238 e. The average molecular weight is 521 g/mol. The van der Waals surface area contributed by atoms with Gasteiger partial charge in [-0.2, -0.15) is 0 Å². The molecule has 0 aliphatic carbocycles. The Kier molecular flexibility index (Phi) is 6.61. The van der Waals surface area contributed by atoms with Crippen LogP contribution in [0.3, 0.4) is 0 Å². The lowest BCUT2D eigenvalue weighted by Crippen LogP contribution is -2.35. The molecule has 1 amide bonds. The van der Waals surface area contributed by atoms with Crippen LogP contribution in [0.15, 0.2) is 71.7 Å². The first kappa shape index (κ1) is 24.8. The summed E-state index contributed by atoms with van der Waals surface area (Å²) in [6, 6.07) is 20.1. The molecule has 3 aromatic carbocycles. The quantitative estimate of drug-likeness (QED) is 0.456. The molecule has 37 heavy (non-hydrogen) atoms. The largest absolute Gasteiger partial charge is 0.454 e. The minimum atomic E-state index is -3.46. The standard InChI is InChI=1S/C27H28N4O5S/c1-30(2)13-14-31(37(3,33)34)20-11-9-19(10-12-20)28-26(18-7-5-4-6-8-18)25-21-15-23-24(36-17-35-23)16-22(21)29-27(25)32/h4-12,15-16,25H,13-14,17H2,1-3H3,(H,29,32). The number of ether oxygens (including phenoxy) is 2. The summed E-state index contributed by atoms with van der Waals surface area (Å²) in [4.78, 5) is 20.0. The van der Waals surface area contributed by atoms with Crippen LogP contribution in [0.1, 0.15) is 17.0 Å². The molecule has 0 saturated carbocycles. The molecule has 3 aromatic rings. The number of hydrogen-bond donors (Lipinski definition) is 1. The summed E-state index contributed by atoms with van der Waals surface area (Å²) < 4.78 is 37.2. The van der Waals surface area contributed by atoms with Crippen LogP contribution < -0.4 is 19.1 Å². The maximum absolute atomic E-state index is 13.2. The number of nitrogens with one attached hydrogen (secondary N) is 1. The van der Waals surface area contributed by atoms with Crippen molar-refractivity contribution < 1.29 is 22.7 Å². The number of aliphatic imine (C=N–C) groups is 1. The van der Waals surface area contributed by atoms with Crippen LogP contribution >= 0.6 is 0 Å². The predicted molar refractivity (Wildman–Crippen MR) is 144 cm³/mol. The third-order valence-corrected chi connectivity index (χ3v) is 7.45. The van der Waals surface area contributed by atoms with E-state index in [4.69, 9.17) is 14.5 Å². The fourth-order valence-corrected chi connectivity index (χ4v) is 5.35. The van der Waals surface area contributed by atoms with Crippen molar-refractivity contribution in [1.82, 2.24) is 4.90 Å². The summed E-state index contributed by atoms with van der Waals surface area (Å²) in [5, 5.41) is 2.94. The van der Waals surface area contributed by atoms with Crippen molar-refractivity contribution in [2.75, 3.05) is 49.9 Å². The van der Waals surface area contributed by atoms with E-state index >= 15 is 0 Å². The molecule has 0 fully saturated rings. The van der Waals surface area contributed by atoms with E-state index in [1.54, 1.807) is 30.3 Å². The third-order valence-electron chi connectivity index (χ3n) is 6.26. The van der Waals surface area contributed by atoms with E-state index in [2.05, 4.69) is 5.32 Å². The molecule has 10 heteroatoms. The summed E-state index contributed by atoms with van der Waals surface area (Å²) in [5.41, 5.74) is 3.98. The molecule has 0 aromatic heterocycles. The first-order valence-corrected chi connectivity index (χ1v) is 13.7. The molecule has 9 nitrogen and oxygen atoms in total. The fourth-order valence-electron chi connectivity index (χ4n) is 4.44. The molecule has 0 bridgehead atoms. The number of carbonyl (C=O) groups excluding carboxylic acids is 1. The van der Waals surface area contributed by atoms with Gasteiger partial charge in [-0.15, -0.1) is 0 Å². The Hall–Kier alpha value is -3.89. The van der Waals surface area contributed by atoms with Crippen LogP contribution in [0.2, 0.25) is 0 Å². The third kappa shape index (κ3) is 5.16. The maximum atomic E-state index is 13.2. The van der Waals surface area contributed by atoms with Crippen LogP contribution in [0.5, 0.6) is 11.5 Å². The normalized spacial score (nSPS) is 16.6. The van der Waals surface area contributed by atoms with Crippen molar-refractivity contribution >= 4 is 38.7 Å². The van der Waals surface area contributed by atoms with Gasteiger partial charge in [0.05, 0.1) is 23.3 Å². The van der Waals surface area contributed by atoms with E-state index in [0.29, 0.717) is 47.4 Å². The number of anilines is 2. The summed E-state index contributed by atoms with van der Waals surface area (Å²) >= 11 is 0. The van der Waals surface area contributed by atoms with Crippen molar-refractivity contribution in [3.63, 3.8) is 0 Å². The van der Waals surface area contributed by atoms with Crippen LogP contribution in [0, 0.1) is 0 Å². The van der Waals surface area contributed by atoms with Crippen molar-refractivity contribution in [3.05, 3.63) is 77.9 Å². The van der Waals surface area contributed by atoms with Crippen molar-refractivity contribution in [2.45, 2.75) is 5.92 Å². The van der Waals surface area contributed by atoms with Gasteiger partial charge in [-0.1, -0.05) is 30.3 Å². The smallest absolute Gasteiger partial charge is 0.238 e. The van der Waals surface area contributed by atoms with Gasteiger partial charge in [0, 0.05) is 24.8 Å². The number of benzene rings is 3. The van der Waals surface area contributed by atoms with Gasteiger partial charge in [0.25, 0.3) is 0 Å². The van der Waals surface area contributed by atoms with E-state index < -0.39 is 15.9 Å². The van der Waals surface area contributed by atoms with Gasteiger partial charge in [0.2, 0.25) is 22.7 Å². The molecule has 1 unspecified atom stereocenters. The van der Waals surface area contributed by atoms with Gasteiger partial charge in [0.1, 0.15) is 5.92 Å². The van der Waals surface area contributed by atoms with E-state index in [1.165, 1.54) is 10.6 Å². The second-order valence-electron chi connectivity index (χ2n) is 9.23. The predicted octanol–water partition coefficient (Wildman–Crippen LogP) is 3.60. The molecule has 192 valence electrons. The monoisotopic (exact) mass is 520 g/mol. The summed E-state index contributed by atoms with van der Waals surface area (Å²) in [6.07, 6.45) is 1.20. The highest BCUT2D eigenvalue weighted by molar-refractivity contribution is 7.92. The number of likely N-dealkylation sites (N-methyl/N-ethyl adjacent to an activating group) is 1.